The largest absolute Gasteiger partial charge is 0.374 e. The van der Waals surface area contributed by atoms with Gasteiger partial charge >= 0.3 is 0 Å². The standard InChI is InChI=1S/C19H27N5O/c1-3-16(14-5-9-20-10-6-14)23-19-15-7-11-21-12-8-17(15)22-18(24-19)13-25-4-2/h5-6,9-10,16,21H,3-4,7-8,11-13H2,1-2H3,(H,22,23,24)/t16-/m0/s1. The highest BCUT2D eigenvalue weighted by Gasteiger charge is 2.19. The number of fused-ring (bicyclic) bond motifs is 1. The van der Waals surface area contributed by atoms with Crippen LogP contribution in [-0.4, -0.2) is 34.6 Å². The Morgan fingerprint density at radius 1 is 1.16 bits per heavy atom. The summed E-state index contributed by atoms with van der Waals surface area (Å²) in [6, 6.07) is 4.33. The number of ether oxygens (including phenoxy) is 1. The lowest BCUT2D eigenvalue weighted by molar-refractivity contribution is 0.128. The molecule has 3 rings (SSSR count). The molecule has 1 aliphatic heterocycles. The van der Waals surface area contributed by atoms with E-state index < -0.39 is 0 Å². The number of nitrogens with one attached hydrogen (secondary N) is 2. The summed E-state index contributed by atoms with van der Waals surface area (Å²) in [7, 11) is 0. The van der Waals surface area contributed by atoms with Gasteiger partial charge in [-0.3, -0.25) is 4.98 Å². The van der Waals surface area contributed by atoms with Crippen LogP contribution in [0.5, 0.6) is 0 Å². The minimum Gasteiger partial charge on any atom is -0.374 e. The van der Waals surface area contributed by atoms with Gasteiger partial charge in [-0.2, -0.15) is 0 Å². The van der Waals surface area contributed by atoms with E-state index in [2.05, 4.69) is 34.7 Å². The van der Waals surface area contributed by atoms with Gasteiger partial charge < -0.3 is 15.4 Å². The van der Waals surface area contributed by atoms with Crippen molar-refractivity contribution in [2.24, 2.45) is 0 Å². The van der Waals surface area contributed by atoms with Crippen LogP contribution in [-0.2, 0) is 24.2 Å². The molecular formula is C19H27N5O. The van der Waals surface area contributed by atoms with E-state index in [1.165, 1.54) is 11.1 Å². The first-order valence-electron chi connectivity index (χ1n) is 9.15. The lowest BCUT2D eigenvalue weighted by atomic mass is 10.0. The number of nitrogens with zero attached hydrogens (tertiary/aromatic N) is 3. The number of hydrogen-bond acceptors (Lipinski definition) is 6. The first-order valence-corrected chi connectivity index (χ1v) is 9.15. The molecule has 0 saturated carbocycles. The van der Waals surface area contributed by atoms with Crippen LogP contribution in [0.25, 0.3) is 0 Å². The van der Waals surface area contributed by atoms with Gasteiger partial charge in [0.05, 0.1) is 11.7 Å². The van der Waals surface area contributed by atoms with Gasteiger partial charge in [-0.05, 0) is 44.0 Å². The second kappa shape index (κ2) is 8.87. The highest BCUT2D eigenvalue weighted by Crippen LogP contribution is 2.26. The van der Waals surface area contributed by atoms with Crippen LogP contribution in [0.15, 0.2) is 24.5 Å². The quantitative estimate of drug-likeness (QED) is 0.807. The van der Waals surface area contributed by atoms with Crippen LogP contribution < -0.4 is 10.6 Å². The van der Waals surface area contributed by atoms with Gasteiger partial charge in [-0.1, -0.05) is 6.92 Å². The molecule has 2 N–H and O–H groups in total. The Kier molecular flexibility index (Phi) is 6.30. The lowest BCUT2D eigenvalue weighted by Crippen LogP contribution is -2.17. The van der Waals surface area contributed by atoms with Crippen molar-refractivity contribution in [2.75, 3.05) is 25.0 Å². The van der Waals surface area contributed by atoms with Crippen LogP contribution in [0.1, 0.15) is 49.0 Å². The third-order valence-corrected chi connectivity index (χ3v) is 4.49. The highest BCUT2D eigenvalue weighted by molar-refractivity contribution is 5.49. The molecule has 0 amide bonds. The summed E-state index contributed by atoms with van der Waals surface area (Å²) in [4.78, 5) is 13.7. The fraction of sp³-hybridized carbons (Fsp3) is 0.526. The Labute approximate surface area is 149 Å². The molecule has 3 heterocycles. The molecule has 0 fully saturated rings. The maximum atomic E-state index is 5.54. The van der Waals surface area contributed by atoms with Crippen LogP contribution in [0.3, 0.4) is 0 Å². The molecule has 6 heteroatoms. The summed E-state index contributed by atoms with van der Waals surface area (Å²) in [6.45, 7) is 7.21. The van der Waals surface area contributed by atoms with E-state index in [1.807, 2.05) is 19.3 Å². The van der Waals surface area contributed by atoms with Crippen LogP contribution in [0, 0.1) is 0 Å². The summed E-state index contributed by atoms with van der Waals surface area (Å²) in [5, 5.41) is 7.10. The molecule has 6 nitrogen and oxygen atoms in total. The first kappa shape index (κ1) is 17.8. The zero-order chi connectivity index (χ0) is 17.5. The Hall–Kier alpha value is -2.05. The van der Waals surface area contributed by atoms with Gasteiger partial charge in [-0.15, -0.1) is 0 Å². The summed E-state index contributed by atoms with van der Waals surface area (Å²) in [5.74, 6) is 1.71. The minimum absolute atomic E-state index is 0.207. The van der Waals surface area contributed by atoms with Crippen molar-refractivity contribution in [3.05, 3.63) is 47.2 Å². The molecule has 0 spiro atoms. The molecule has 0 aliphatic carbocycles. The van der Waals surface area contributed by atoms with Gasteiger partial charge in [0, 0.05) is 37.5 Å². The summed E-state index contributed by atoms with van der Waals surface area (Å²) >= 11 is 0. The predicted molar refractivity (Wildman–Crippen MR) is 98.5 cm³/mol. The third kappa shape index (κ3) is 4.52. The maximum Gasteiger partial charge on any atom is 0.156 e. The Morgan fingerprint density at radius 2 is 1.96 bits per heavy atom. The molecule has 134 valence electrons. The van der Waals surface area contributed by atoms with Gasteiger partial charge in [0.1, 0.15) is 12.4 Å². The second-order valence-corrected chi connectivity index (χ2v) is 6.19. The van der Waals surface area contributed by atoms with Gasteiger partial charge in [-0.25, -0.2) is 9.97 Å². The molecular weight excluding hydrogens is 314 g/mol. The van der Waals surface area contributed by atoms with E-state index in [9.17, 15) is 0 Å². The van der Waals surface area contributed by atoms with Gasteiger partial charge in [0.25, 0.3) is 0 Å². The SMILES string of the molecule is CCOCc1nc2c(c(N[C@@H](CC)c3ccncc3)n1)CCNCC2. The Bertz CT molecular complexity index is 677. The van der Waals surface area contributed by atoms with Gasteiger partial charge in [0.15, 0.2) is 5.82 Å². The monoisotopic (exact) mass is 341 g/mol. The first-order chi connectivity index (χ1) is 12.3. The molecule has 2 aromatic heterocycles. The fourth-order valence-corrected chi connectivity index (χ4v) is 3.16. The molecule has 1 aliphatic rings. The van der Waals surface area contributed by atoms with Gasteiger partial charge in [0.2, 0.25) is 0 Å². The average Bonchev–Trinajstić information content (AvgIpc) is 2.90. The van der Waals surface area contributed by atoms with E-state index in [0.717, 1.165) is 49.7 Å². The van der Waals surface area contributed by atoms with Crippen molar-refractivity contribution in [3.63, 3.8) is 0 Å². The van der Waals surface area contributed by atoms with E-state index in [4.69, 9.17) is 14.7 Å². The summed E-state index contributed by atoms with van der Waals surface area (Å²) in [6.07, 6.45) is 6.52. The molecule has 0 bridgehead atoms. The zero-order valence-corrected chi connectivity index (χ0v) is 15.1. The third-order valence-electron chi connectivity index (χ3n) is 4.49. The zero-order valence-electron chi connectivity index (χ0n) is 15.1. The Balaban J connectivity index is 1.92. The van der Waals surface area contributed by atoms with E-state index >= 15 is 0 Å². The van der Waals surface area contributed by atoms with E-state index in [0.29, 0.717) is 13.2 Å². The van der Waals surface area contributed by atoms with Crippen molar-refractivity contribution < 1.29 is 4.74 Å². The van der Waals surface area contributed by atoms with Crippen molar-refractivity contribution in [1.82, 2.24) is 20.3 Å². The molecule has 0 radical (unpaired) electrons. The topological polar surface area (TPSA) is 72.0 Å². The summed E-state index contributed by atoms with van der Waals surface area (Å²) < 4.78 is 5.54. The van der Waals surface area contributed by atoms with E-state index in [1.54, 1.807) is 0 Å². The number of pyridine rings is 1. The molecule has 2 aromatic rings. The van der Waals surface area contributed by atoms with Crippen molar-refractivity contribution in [1.29, 1.82) is 0 Å². The van der Waals surface area contributed by atoms with Crippen LogP contribution in [0.4, 0.5) is 5.82 Å². The minimum atomic E-state index is 0.207. The molecule has 25 heavy (non-hydrogen) atoms. The van der Waals surface area contributed by atoms with E-state index in [-0.39, 0.29) is 6.04 Å². The predicted octanol–water partition coefficient (Wildman–Crippen LogP) is 2.66. The van der Waals surface area contributed by atoms with Crippen molar-refractivity contribution in [2.45, 2.75) is 45.8 Å². The molecule has 0 saturated heterocycles. The van der Waals surface area contributed by atoms with Crippen LogP contribution in [0.2, 0.25) is 0 Å². The van der Waals surface area contributed by atoms with Crippen molar-refractivity contribution in [3.8, 4) is 0 Å². The number of hydrogen-bond donors (Lipinski definition) is 2. The number of rotatable bonds is 7. The molecule has 0 unspecified atom stereocenters. The lowest BCUT2D eigenvalue weighted by Gasteiger charge is -2.21. The van der Waals surface area contributed by atoms with Crippen LogP contribution >= 0.6 is 0 Å². The second-order valence-electron chi connectivity index (χ2n) is 6.19. The number of anilines is 1. The Morgan fingerprint density at radius 3 is 2.72 bits per heavy atom. The molecule has 0 aromatic carbocycles. The smallest absolute Gasteiger partial charge is 0.156 e. The maximum absolute atomic E-state index is 5.54. The highest BCUT2D eigenvalue weighted by atomic mass is 16.5. The van der Waals surface area contributed by atoms with Crippen molar-refractivity contribution >= 4 is 5.82 Å². The summed E-state index contributed by atoms with van der Waals surface area (Å²) in [5.41, 5.74) is 3.60. The fourth-order valence-electron chi connectivity index (χ4n) is 3.16. The molecule has 1 atom stereocenters. The number of aromatic nitrogens is 3. The average molecular weight is 341 g/mol. The normalized spacial score (nSPS) is 15.3.